The molecule has 1 aromatic heterocycles. The van der Waals surface area contributed by atoms with Crippen LogP contribution in [0.3, 0.4) is 0 Å². The van der Waals surface area contributed by atoms with Crippen LogP contribution in [0.2, 0.25) is 0 Å². The maximum Gasteiger partial charge on any atom is 0.237 e. The summed E-state index contributed by atoms with van der Waals surface area (Å²) >= 11 is 1.37. The molecule has 7 heteroatoms. The van der Waals surface area contributed by atoms with Gasteiger partial charge >= 0.3 is 0 Å². The quantitative estimate of drug-likeness (QED) is 0.666. The van der Waals surface area contributed by atoms with Gasteiger partial charge in [-0.2, -0.15) is 4.98 Å². The zero-order chi connectivity index (χ0) is 16.4. The lowest BCUT2D eigenvalue weighted by Gasteiger charge is -2.17. The summed E-state index contributed by atoms with van der Waals surface area (Å²) < 4.78 is 19.0. The predicted molar refractivity (Wildman–Crippen MR) is 84.6 cm³/mol. The number of nitrogens with two attached hydrogens (primary N) is 1. The topological polar surface area (TPSA) is 82.0 Å². The summed E-state index contributed by atoms with van der Waals surface area (Å²) in [4.78, 5) is 16.3. The van der Waals surface area contributed by atoms with E-state index in [2.05, 4.69) is 10.1 Å². The van der Waals surface area contributed by atoms with Crippen LogP contribution in [-0.2, 0) is 11.3 Å². The molecule has 1 saturated carbocycles. The first-order valence-electron chi connectivity index (χ1n) is 7.53. The Hall–Kier alpha value is -1.73. The Labute approximate surface area is 137 Å². The highest BCUT2D eigenvalue weighted by Crippen LogP contribution is 2.35. The van der Waals surface area contributed by atoms with Crippen molar-refractivity contribution in [2.45, 2.75) is 48.8 Å². The maximum atomic E-state index is 13.8. The van der Waals surface area contributed by atoms with E-state index in [1.54, 1.807) is 6.07 Å². The fourth-order valence-corrected chi connectivity index (χ4v) is 3.52. The third kappa shape index (κ3) is 3.45. The molecule has 0 aliphatic heterocycles. The van der Waals surface area contributed by atoms with E-state index in [1.807, 2.05) is 0 Å². The molecule has 2 aromatic rings. The van der Waals surface area contributed by atoms with Gasteiger partial charge in [-0.25, -0.2) is 4.39 Å². The molecule has 0 spiro atoms. The molecular weight excluding hydrogens is 317 g/mol. The van der Waals surface area contributed by atoms with E-state index in [9.17, 15) is 9.18 Å². The molecule has 5 nitrogen and oxygen atoms in total. The van der Waals surface area contributed by atoms with Crippen LogP contribution in [-0.4, -0.2) is 15.9 Å². The minimum absolute atomic E-state index is 0.0979. The Kier molecular flexibility index (Phi) is 4.50. The molecule has 0 unspecified atom stereocenters. The number of hydrogen-bond donors (Lipinski definition) is 1. The van der Waals surface area contributed by atoms with E-state index in [0.717, 1.165) is 25.7 Å². The third-order valence-corrected chi connectivity index (χ3v) is 5.07. The highest BCUT2D eigenvalue weighted by molar-refractivity contribution is 7.98. The maximum absolute atomic E-state index is 13.8. The van der Waals surface area contributed by atoms with Gasteiger partial charge in [-0.15, -0.1) is 11.8 Å². The van der Waals surface area contributed by atoms with Crippen molar-refractivity contribution in [3.05, 3.63) is 41.3 Å². The van der Waals surface area contributed by atoms with Crippen LogP contribution in [0.15, 0.2) is 27.6 Å². The van der Waals surface area contributed by atoms with Crippen molar-refractivity contribution in [1.29, 1.82) is 0 Å². The van der Waals surface area contributed by atoms with Gasteiger partial charge in [0.05, 0.1) is 16.9 Å². The molecular formula is C16H18FN3O2S. The summed E-state index contributed by atoms with van der Waals surface area (Å²) in [7, 11) is 0. The fourth-order valence-electron chi connectivity index (χ4n) is 2.76. The first-order chi connectivity index (χ1) is 11.0. The van der Waals surface area contributed by atoms with Gasteiger partial charge in [0, 0.05) is 4.90 Å². The Balaban J connectivity index is 1.66. The Morgan fingerprint density at radius 2 is 2.17 bits per heavy atom. The van der Waals surface area contributed by atoms with Gasteiger partial charge in [0.25, 0.3) is 0 Å². The molecule has 0 saturated heterocycles. The molecule has 1 aliphatic rings. The highest BCUT2D eigenvalue weighted by atomic mass is 32.2. The van der Waals surface area contributed by atoms with Gasteiger partial charge in [0.2, 0.25) is 5.89 Å². The summed E-state index contributed by atoms with van der Waals surface area (Å²) in [5, 5.41) is 3.99. The average molecular weight is 335 g/mol. The Morgan fingerprint density at radius 1 is 1.43 bits per heavy atom. The van der Waals surface area contributed by atoms with Crippen molar-refractivity contribution in [3.63, 3.8) is 0 Å². The molecule has 122 valence electrons. The van der Waals surface area contributed by atoms with E-state index in [1.165, 1.54) is 30.8 Å². The average Bonchev–Trinajstić information content (AvgIpc) is 3.14. The molecule has 1 aromatic carbocycles. The second-order valence-electron chi connectivity index (χ2n) is 5.86. The number of Topliss-reactive ketones (excluding diaryl/α,β-unsaturated/α-hetero) is 1. The SMILES string of the molecule is CC(=O)c1ccc(SCc2nc(C3(N)CCCC3)no2)cc1F. The second-order valence-corrected chi connectivity index (χ2v) is 6.91. The van der Waals surface area contributed by atoms with Crippen molar-refractivity contribution in [2.75, 3.05) is 0 Å². The monoisotopic (exact) mass is 335 g/mol. The summed E-state index contributed by atoms with van der Waals surface area (Å²) in [6.45, 7) is 1.34. The van der Waals surface area contributed by atoms with Crippen molar-refractivity contribution in [2.24, 2.45) is 5.73 Å². The highest BCUT2D eigenvalue weighted by Gasteiger charge is 2.35. The van der Waals surface area contributed by atoms with Crippen molar-refractivity contribution in [1.82, 2.24) is 10.1 Å². The summed E-state index contributed by atoms with van der Waals surface area (Å²) in [5.74, 6) is 0.662. The van der Waals surface area contributed by atoms with Gasteiger partial charge < -0.3 is 10.3 Å². The molecule has 0 atom stereocenters. The first kappa shape index (κ1) is 16.1. The normalized spacial score (nSPS) is 16.7. The molecule has 1 fully saturated rings. The standard InChI is InChI=1S/C16H18FN3O2S/c1-10(21)12-5-4-11(8-13(12)17)23-9-14-19-15(20-22-14)16(18)6-2-3-7-16/h4-5,8H,2-3,6-7,9,18H2,1H3. The smallest absolute Gasteiger partial charge is 0.237 e. The van der Waals surface area contributed by atoms with Crippen LogP contribution in [0.25, 0.3) is 0 Å². The lowest BCUT2D eigenvalue weighted by molar-refractivity contribution is 0.101. The fraction of sp³-hybridized carbons (Fsp3) is 0.438. The van der Waals surface area contributed by atoms with Crippen molar-refractivity contribution >= 4 is 17.5 Å². The van der Waals surface area contributed by atoms with Crippen LogP contribution < -0.4 is 5.73 Å². The van der Waals surface area contributed by atoms with Gasteiger partial charge in [0.1, 0.15) is 5.82 Å². The predicted octanol–water partition coefficient (Wildman–Crippen LogP) is 3.43. The summed E-state index contributed by atoms with van der Waals surface area (Å²) in [6.07, 6.45) is 3.90. The third-order valence-electron chi connectivity index (χ3n) is 4.09. The number of nitrogens with zero attached hydrogens (tertiary/aromatic N) is 2. The van der Waals surface area contributed by atoms with E-state index < -0.39 is 11.4 Å². The van der Waals surface area contributed by atoms with E-state index >= 15 is 0 Å². The van der Waals surface area contributed by atoms with Gasteiger partial charge in [-0.3, -0.25) is 4.79 Å². The van der Waals surface area contributed by atoms with Crippen LogP contribution in [0.1, 0.15) is 54.7 Å². The first-order valence-corrected chi connectivity index (χ1v) is 8.52. The molecule has 23 heavy (non-hydrogen) atoms. The summed E-state index contributed by atoms with van der Waals surface area (Å²) in [5.41, 5.74) is 5.92. The van der Waals surface area contributed by atoms with Crippen molar-refractivity contribution in [3.8, 4) is 0 Å². The number of carbonyl (C=O) groups is 1. The Bertz CT molecular complexity index is 726. The second kappa shape index (κ2) is 6.41. The number of hydrogen-bond acceptors (Lipinski definition) is 6. The zero-order valence-electron chi connectivity index (χ0n) is 12.8. The molecule has 0 radical (unpaired) electrons. The number of carbonyl (C=O) groups excluding carboxylic acids is 1. The number of benzene rings is 1. The van der Waals surface area contributed by atoms with Gasteiger partial charge in [-0.05, 0) is 38.0 Å². The van der Waals surface area contributed by atoms with Crippen LogP contribution in [0.5, 0.6) is 0 Å². The lowest BCUT2D eigenvalue weighted by Crippen LogP contribution is -2.34. The number of thioether (sulfide) groups is 1. The summed E-state index contributed by atoms with van der Waals surface area (Å²) in [6, 6.07) is 4.55. The largest absolute Gasteiger partial charge is 0.338 e. The minimum Gasteiger partial charge on any atom is -0.338 e. The van der Waals surface area contributed by atoms with Crippen LogP contribution in [0.4, 0.5) is 4.39 Å². The number of rotatable bonds is 5. The zero-order valence-corrected chi connectivity index (χ0v) is 13.7. The van der Waals surface area contributed by atoms with Crippen molar-refractivity contribution < 1.29 is 13.7 Å². The van der Waals surface area contributed by atoms with E-state index in [0.29, 0.717) is 22.4 Å². The van der Waals surface area contributed by atoms with E-state index in [4.69, 9.17) is 10.3 Å². The molecule has 1 heterocycles. The molecule has 0 amide bonds. The molecule has 0 bridgehead atoms. The minimum atomic E-state index is -0.513. The molecule has 3 rings (SSSR count). The molecule has 2 N–H and O–H groups in total. The number of aromatic nitrogens is 2. The molecule has 1 aliphatic carbocycles. The van der Waals surface area contributed by atoms with Gasteiger partial charge in [0.15, 0.2) is 11.6 Å². The lowest BCUT2D eigenvalue weighted by atomic mass is 9.99. The Morgan fingerprint density at radius 3 is 2.83 bits per heavy atom. The number of halogens is 1. The number of ketones is 1. The van der Waals surface area contributed by atoms with Crippen LogP contribution >= 0.6 is 11.8 Å². The van der Waals surface area contributed by atoms with Crippen LogP contribution in [0, 0.1) is 5.82 Å². The van der Waals surface area contributed by atoms with E-state index in [-0.39, 0.29) is 11.3 Å². The van der Waals surface area contributed by atoms with Gasteiger partial charge in [-0.1, -0.05) is 18.0 Å².